The zero-order chi connectivity index (χ0) is 11.4. The van der Waals surface area contributed by atoms with Crippen LogP contribution in [0, 0.1) is 5.92 Å². The van der Waals surface area contributed by atoms with E-state index in [2.05, 4.69) is 22.9 Å². The topological polar surface area (TPSA) is 62.4 Å². The monoisotopic (exact) mass is 227 g/mol. The summed E-state index contributed by atoms with van der Waals surface area (Å²) in [4.78, 5) is 11.9. The Hall–Kier alpha value is -0.650. The van der Waals surface area contributed by atoms with Gasteiger partial charge in [-0.3, -0.25) is 4.79 Å². The van der Waals surface area contributed by atoms with E-state index in [1.165, 1.54) is 0 Å². The Morgan fingerprint density at radius 3 is 3.00 bits per heavy atom. The van der Waals surface area contributed by atoms with Gasteiger partial charge in [-0.05, 0) is 13.3 Å². The standard InChI is InChI=1S/C11H21N3O2/c1-8(9-2-5-16-7-9)14-11(15)10-6-12-3-4-13-10/h8-10,12-13H,2-7H2,1H3,(H,14,15). The minimum Gasteiger partial charge on any atom is -0.381 e. The molecular formula is C11H21N3O2. The average molecular weight is 227 g/mol. The molecule has 2 saturated heterocycles. The number of hydrogen-bond acceptors (Lipinski definition) is 4. The highest BCUT2D eigenvalue weighted by atomic mass is 16.5. The minimum absolute atomic E-state index is 0.0847. The molecule has 2 aliphatic rings. The lowest BCUT2D eigenvalue weighted by molar-refractivity contribution is -0.124. The number of piperazine rings is 1. The van der Waals surface area contributed by atoms with Crippen molar-refractivity contribution in [1.82, 2.24) is 16.0 Å². The fraction of sp³-hybridized carbons (Fsp3) is 0.909. The van der Waals surface area contributed by atoms with Gasteiger partial charge in [-0.15, -0.1) is 0 Å². The Labute approximate surface area is 96.3 Å². The molecule has 2 rings (SSSR count). The van der Waals surface area contributed by atoms with Crippen LogP contribution in [0.2, 0.25) is 0 Å². The molecule has 2 aliphatic heterocycles. The molecule has 3 atom stereocenters. The number of carbonyl (C=O) groups is 1. The van der Waals surface area contributed by atoms with Gasteiger partial charge in [-0.25, -0.2) is 0 Å². The van der Waals surface area contributed by atoms with Gasteiger partial charge in [0, 0.05) is 38.2 Å². The molecule has 1 amide bonds. The summed E-state index contributed by atoms with van der Waals surface area (Å²) in [6.07, 6.45) is 1.05. The summed E-state index contributed by atoms with van der Waals surface area (Å²) in [5.74, 6) is 0.576. The third-order valence-electron chi connectivity index (χ3n) is 3.40. The van der Waals surface area contributed by atoms with Crippen molar-refractivity contribution < 1.29 is 9.53 Å². The second-order valence-electron chi connectivity index (χ2n) is 4.63. The molecule has 0 aliphatic carbocycles. The maximum absolute atomic E-state index is 11.9. The lowest BCUT2D eigenvalue weighted by atomic mass is 10.0. The lowest BCUT2D eigenvalue weighted by Crippen LogP contribution is -2.57. The molecule has 0 aromatic carbocycles. The van der Waals surface area contributed by atoms with Crippen molar-refractivity contribution in [3.05, 3.63) is 0 Å². The van der Waals surface area contributed by atoms with Gasteiger partial charge < -0.3 is 20.7 Å². The van der Waals surface area contributed by atoms with Crippen molar-refractivity contribution in [2.75, 3.05) is 32.8 Å². The molecule has 0 radical (unpaired) electrons. The highest BCUT2D eigenvalue weighted by Gasteiger charge is 2.26. The maximum atomic E-state index is 11.9. The quantitative estimate of drug-likeness (QED) is 0.584. The Balaban J connectivity index is 1.76. The molecular weight excluding hydrogens is 206 g/mol. The van der Waals surface area contributed by atoms with Gasteiger partial charge in [0.25, 0.3) is 0 Å². The summed E-state index contributed by atoms with van der Waals surface area (Å²) in [6, 6.07) is 0.122. The van der Waals surface area contributed by atoms with E-state index in [0.29, 0.717) is 5.92 Å². The summed E-state index contributed by atoms with van der Waals surface area (Å²) < 4.78 is 5.33. The molecule has 2 fully saturated rings. The van der Waals surface area contributed by atoms with Gasteiger partial charge in [0.1, 0.15) is 0 Å². The van der Waals surface area contributed by atoms with Gasteiger partial charge in [0.2, 0.25) is 5.91 Å². The third kappa shape index (κ3) is 2.93. The third-order valence-corrected chi connectivity index (χ3v) is 3.40. The summed E-state index contributed by atoms with van der Waals surface area (Å²) in [6.45, 7) is 6.19. The smallest absolute Gasteiger partial charge is 0.238 e. The van der Waals surface area contributed by atoms with Crippen molar-refractivity contribution in [1.29, 1.82) is 0 Å². The van der Waals surface area contributed by atoms with Crippen molar-refractivity contribution in [3.8, 4) is 0 Å². The number of hydrogen-bond donors (Lipinski definition) is 3. The fourth-order valence-electron chi connectivity index (χ4n) is 2.23. The number of carbonyl (C=O) groups excluding carboxylic acids is 1. The SMILES string of the molecule is CC(NC(=O)C1CNCCN1)C1CCOC1. The Kier molecular flexibility index (Phi) is 4.15. The first-order chi connectivity index (χ1) is 7.77. The Morgan fingerprint density at radius 2 is 2.38 bits per heavy atom. The molecule has 5 nitrogen and oxygen atoms in total. The average Bonchev–Trinajstić information content (AvgIpc) is 2.83. The summed E-state index contributed by atoms with van der Waals surface area (Å²) in [5.41, 5.74) is 0. The largest absolute Gasteiger partial charge is 0.381 e. The van der Waals surface area contributed by atoms with Crippen LogP contribution >= 0.6 is 0 Å². The Morgan fingerprint density at radius 1 is 1.50 bits per heavy atom. The first-order valence-electron chi connectivity index (χ1n) is 6.09. The molecule has 0 aromatic rings. The van der Waals surface area contributed by atoms with Gasteiger partial charge >= 0.3 is 0 Å². The van der Waals surface area contributed by atoms with Crippen molar-refractivity contribution in [2.24, 2.45) is 5.92 Å². The van der Waals surface area contributed by atoms with Crippen LogP contribution in [-0.2, 0) is 9.53 Å². The fourth-order valence-corrected chi connectivity index (χ4v) is 2.23. The summed E-state index contributed by atoms with van der Waals surface area (Å²) in [5, 5.41) is 9.49. The van der Waals surface area contributed by atoms with Crippen LogP contribution in [-0.4, -0.2) is 50.8 Å². The van der Waals surface area contributed by atoms with Crippen molar-refractivity contribution >= 4 is 5.91 Å². The second kappa shape index (κ2) is 5.61. The first-order valence-corrected chi connectivity index (χ1v) is 6.09. The minimum atomic E-state index is -0.0847. The van der Waals surface area contributed by atoms with E-state index >= 15 is 0 Å². The van der Waals surface area contributed by atoms with Crippen molar-refractivity contribution in [3.63, 3.8) is 0 Å². The second-order valence-corrected chi connectivity index (χ2v) is 4.63. The number of ether oxygens (including phenoxy) is 1. The molecule has 3 unspecified atom stereocenters. The molecule has 3 N–H and O–H groups in total. The van der Waals surface area contributed by atoms with Crippen LogP contribution in [0.25, 0.3) is 0 Å². The number of amides is 1. The van der Waals surface area contributed by atoms with Crippen LogP contribution in [0.3, 0.4) is 0 Å². The van der Waals surface area contributed by atoms with Gasteiger partial charge in [-0.1, -0.05) is 0 Å². The summed E-state index contributed by atoms with van der Waals surface area (Å²) >= 11 is 0. The van der Waals surface area contributed by atoms with Crippen LogP contribution in [0.15, 0.2) is 0 Å². The molecule has 16 heavy (non-hydrogen) atoms. The van der Waals surface area contributed by atoms with Crippen LogP contribution < -0.4 is 16.0 Å². The Bertz CT molecular complexity index is 235. The van der Waals surface area contributed by atoms with Crippen molar-refractivity contribution in [2.45, 2.75) is 25.4 Å². The highest BCUT2D eigenvalue weighted by Crippen LogP contribution is 2.16. The van der Waals surface area contributed by atoms with E-state index in [-0.39, 0.29) is 18.0 Å². The van der Waals surface area contributed by atoms with Crippen LogP contribution in [0.4, 0.5) is 0 Å². The van der Waals surface area contributed by atoms with E-state index in [9.17, 15) is 4.79 Å². The normalized spacial score (nSPS) is 32.3. The highest BCUT2D eigenvalue weighted by molar-refractivity contribution is 5.82. The van der Waals surface area contributed by atoms with E-state index in [1.54, 1.807) is 0 Å². The predicted octanol–water partition coefficient (Wildman–Crippen LogP) is -0.911. The van der Waals surface area contributed by atoms with E-state index in [4.69, 9.17) is 4.74 Å². The lowest BCUT2D eigenvalue weighted by Gasteiger charge is -2.26. The molecule has 0 aromatic heterocycles. The van der Waals surface area contributed by atoms with E-state index in [1.807, 2.05) is 0 Å². The van der Waals surface area contributed by atoms with Gasteiger partial charge in [-0.2, -0.15) is 0 Å². The molecule has 0 saturated carbocycles. The molecule has 92 valence electrons. The predicted molar refractivity (Wildman–Crippen MR) is 61.2 cm³/mol. The maximum Gasteiger partial charge on any atom is 0.238 e. The van der Waals surface area contributed by atoms with E-state index in [0.717, 1.165) is 39.3 Å². The van der Waals surface area contributed by atoms with Gasteiger partial charge in [0.05, 0.1) is 12.6 Å². The zero-order valence-corrected chi connectivity index (χ0v) is 9.79. The molecule has 5 heteroatoms. The number of rotatable bonds is 3. The zero-order valence-electron chi connectivity index (χ0n) is 9.79. The van der Waals surface area contributed by atoms with Gasteiger partial charge in [0.15, 0.2) is 0 Å². The molecule has 0 spiro atoms. The number of nitrogens with one attached hydrogen (secondary N) is 3. The van der Waals surface area contributed by atoms with Crippen LogP contribution in [0.1, 0.15) is 13.3 Å². The van der Waals surface area contributed by atoms with E-state index < -0.39 is 0 Å². The van der Waals surface area contributed by atoms with Crippen LogP contribution in [0.5, 0.6) is 0 Å². The molecule has 2 heterocycles. The first kappa shape index (κ1) is 11.8. The molecule has 0 bridgehead atoms. The summed E-state index contributed by atoms with van der Waals surface area (Å²) in [7, 11) is 0.